The first-order valence-corrected chi connectivity index (χ1v) is 8.65. The normalized spacial score (nSPS) is 16.7. The summed E-state index contributed by atoms with van der Waals surface area (Å²) < 4.78 is 19.2. The molecule has 0 aromatic heterocycles. The predicted molar refractivity (Wildman–Crippen MR) is 97.2 cm³/mol. The monoisotopic (exact) mass is 376 g/mol. The van der Waals surface area contributed by atoms with Gasteiger partial charge in [-0.2, -0.15) is 0 Å². The minimum Gasteiger partial charge on any atom is -0.494 e. The van der Waals surface area contributed by atoms with Crippen LogP contribution >= 0.6 is 11.6 Å². The van der Waals surface area contributed by atoms with Gasteiger partial charge >= 0.3 is 0 Å². The van der Waals surface area contributed by atoms with Crippen molar-refractivity contribution >= 4 is 29.1 Å². The first-order chi connectivity index (χ1) is 12.5. The molecule has 0 spiro atoms. The maximum Gasteiger partial charge on any atom is 0.256 e. The Morgan fingerprint density at radius 2 is 2.04 bits per heavy atom. The molecule has 5 nitrogen and oxygen atoms in total. The summed E-state index contributed by atoms with van der Waals surface area (Å²) in [5.41, 5.74) is 0.514. The number of hydrogen-bond acceptors (Lipinski definition) is 3. The second-order valence-electron chi connectivity index (χ2n) is 5.90. The van der Waals surface area contributed by atoms with Crippen LogP contribution < -0.4 is 15.0 Å². The standard InChI is InChI=1S/C19H18ClFN2O3/c1-2-26-14-8-6-13(7-9-14)23-11-12(10-17(23)24)22-19(25)18-15(20)4-3-5-16(18)21/h3-9,12H,2,10-11H2,1H3,(H,22,25)/t12-/m1/s1. The summed E-state index contributed by atoms with van der Waals surface area (Å²) in [7, 11) is 0. The molecule has 1 fully saturated rings. The first kappa shape index (κ1) is 18.2. The van der Waals surface area contributed by atoms with Crippen LogP contribution in [0.4, 0.5) is 10.1 Å². The lowest BCUT2D eigenvalue weighted by atomic mass is 10.1. The zero-order valence-electron chi connectivity index (χ0n) is 14.2. The molecule has 0 saturated carbocycles. The SMILES string of the molecule is CCOc1ccc(N2C[C@H](NC(=O)c3c(F)cccc3Cl)CC2=O)cc1. The van der Waals surface area contributed by atoms with Gasteiger partial charge in [-0.15, -0.1) is 0 Å². The van der Waals surface area contributed by atoms with Gasteiger partial charge in [-0.1, -0.05) is 17.7 Å². The number of nitrogens with one attached hydrogen (secondary N) is 1. The van der Waals surface area contributed by atoms with E-state index in [0.717, 1.165) is 11.4 Å². The van der Waals surface area contributed by atoms with Gasteiger partial charge in [0.25, 0.3) is 5.91 Å². The van der Waals surface area contributed by atoms with Crippen LogP contribution in [-0.4, -0.2) is 31.0 Å². The van der Waals surface area contributed by atoms with Crippen molar-refractivity contribution < 1.29 is 18.7 Å². The van der Waals surface area contributed by atoms with Crippen LogP contribution in [0.3, 0.4) is 0 Å². The highest BCUT2D eigenvalue weighted by Gasteiger charge is 2.32. The average Bonchev–Trinajstić information content (AvgIpc) is 2.96. The molecular formula is C19H18ClFN2O3. The molecule has 0 aliphatic carbocycles. The Balaban J connectivity index is 1.69. The van der Waals surface area contributed by atoms with Crippen LogP contribution in [0.15, 0.2) is 42.5 Å². The van der Waals surface area contributed by atoms with Crippen molar-refractivity contribution in [1.82, 2.24) is 5.32 Å². The van der Waals surface area contributed by atoms with Crippen molar-refractivity contribution in [3.8, 4) is 5.75 Å². The van der Waals surface area contributed by atoms with Gasteiger partial charge in [0.2, 0.25) is 5.91 Å². The number of anilines is 1. The lowest BCUT2D eigenvalue weighted by Gasteiger charge is -2.18. The average molecular weight is 377 g/mol. The number of carbonyl (C=O) groups is 2. The van der Waals surface area contributed by atoms with E-state index in [0.29, 0.717) is 13.2 Å². The molecule has 1 N–H and O–H groups in total. The minimum atomic E-state index is -0.692. The molecule has 2 amide bonds. The summed E-state index contributed by atoms with van der Waals surface area (Å²) >= 11 is 5.91. The Morgan fingerprint density at radius 1 is 1.31 bits per heavy atom. The number of rotatable bonds is 5. The van der Waals surface area contributed by atoms with Crippen molar-refractivity contribution in [3.05, 3.63) is 58.9 Å². The summed E-state index contributed by atoms with van der Waals surface area (Å²) in [6.45, 7) is 2.77. The van der Waals surface area contributed by atoms with E-state index in [1.54, 1.807) is 29.2 Å². The van der Waals surface area contributed by atoms with Gasteiger partial charge in [0.15, 0.2) is 0 Å². The molecule has 0 unspecified atom stereocenters. The molecule has 1 aliphatic heterocycles. The van der Waals surface area contributed by atoms with Crippen LogP contribution in [0, 0.1) is 5.82 Å². The fraction of sp³-hybridized carbons (Fsp3) is 0.263. The van der Waals surface area contributed by atoms with Gasteiger partial charge in [0.1, 0.15) is 11.6 Å². The van der Waals surface area contributed by atoms with Gasteiger partial charge < -0.3 is 15.0 Å². The molecule has 7 heteroatoms. The van der Waals surface area contributed by atoms with E-state index in [2.05, 4.69) is 5.32 Å². The molecular weight excluding hydrogens is 359 g/mol. The molecule has 2 aromatic rings. The van der Waals surface area contributed by atoms with E-state index in [1.807, 2.05) is 6.92 Å². The number of amides is 2. The summed E-state index contributed by atoms with van der Waals surface area (Å²) in [5.74, 6) is -0.705. The molecule has 2 aromatic carbocycles. The van der Waals surface area contributed by atoms with Gasteiger partial charge in [0, 0.05) is 18.7 Å². The maximum atomic E-state index is 13.9. The van der Waals surface area contributed by atoms with E-state index in [4.69, 9.17) is 16.3 Å². The molecule has 136 valence electrons. The molecule has 0 bridgehead atoms. The van der Waals surface area contributed by atoms with Crippen LogP contribution in [-0.2, 0) is 4.79 Å². The van der Waals surface area contributed by atoms with E-state index < -0.39 is 17.8 Å². The maximum absolute atomic E-state index is 13.9. The van der Waals surface area contributed by atoms with Crippen molar-refractivity contribution in [2.45, 2.75) is 19.4 Å². The second-order valence-corrected chi connectivity index (χ2v) is 6.31. The molecule has 1 aliphatic rings. The Hall–Kier alpha value is -2.60. The van der Waals surface area contributed by atoms with Gasteiger partial charge in [-0.05, 0) is 43.3 Å². The second kappa shape index (κ2) is 7.74. The lowest BCUT2D eigenvalue weighted by Crippen LogP contribution is -2.37. The molecule has 0 radical (unpaired) electrons. The molecule has 1 atom stereocenters. The van der Waals surface area contributed by atoms with E-state index in [-0.39, 0.29) is 22.9 Å². The summed E-state index contributed by atoms with van der Waals surface area (Å²) in [6, 6.07) is 10.8. The van der Waals surface area contributed by atoms with Crippen LogP contribution in [0.25, 0.3) is 0 Å². The molecule has 3 rings (SSSR count). The van der Waals surface area contributed by atoms with E-state index >= 15 is 0 Å². The quantitative estimate of drug-likeness (QED) is 0.870. The number of halogens is 2. The fourth-order valence-corrected chi connectivity index (χ4v) is 3.16. The number of benzene rings is 2. The number of hydrogen-bond donors (Lipinski definition) is 1. The fourth-order valence-electron chi connectivity index (χ4n) is 2.92. The van der Waals surface area contributed by atoms with Crippen molar-refractivity contribution in [2.75, 3.05) is 18.1 Å². The smallest absolute Gasteiger partial charge is 0.256 e. The Bertz CT molecular complexity index is 806. The highest BCUT2D eigenvalue weighted by Crippen LogP contribution is 2.25. The van der Waals surface area contributed by atoms with Gasteiger partial charge in [-0.25, -0.2) is 4.39 Å². The highest BCUT2D eigenvalue weighted by molar-refractivity contribution is 6.33. The third kappa shape index (κ3) is 3.80. The van der Waals surface area contributed by atoms with Crippen LogP contribution in [0.2, 0.25) is 5.02 Å². The minimum absolute atomic E-state index is 0.0372. The van der Waals surface area contributed by atoms with Crippen molar-refractivity contribution in [2.24, 2.45) is 0 Å². The first-order valence-electron chi connectivity index (χ1n) is 8.27. The lowest BCUT2D eigenvalue weighted by molar-refractivity contribution is -0.117. The van der Waals surface area contributed by atoms with Crippen LogP contribution in [0.1, 0.15) is 23.7 Å². The van der Waals surface area contributed by atoms with Crippen molar-refractivity contribution in [3.63, 3.8) is 0 Å². The van der Waals surface area contributed by atoms with Gasteiger partial charge in [0.05, 0.1) is 23.2 Å². The van der Waals surface area contributed by atoms with Gasteiger partial charge in [-0.3, -0.25) is 9.59 Å². The number of nitrogens with zero attached hydrogens (tertiary/aromatic N) is 1. The summed E-state index contributed by atoms with van der Waals surface area (Å²) in [4.78, 5) is 26.2. The van der Waals surface area contributed by atoms with Crippen molar-refractivity contribution in [1.29, 1.82) is 0 Å². The zero-order valence-corrected chi connectivity index (χ0v) is 14.9. The van der Waals surface area contributed by atoms with E-state index in [9.17, 15) is 14.0 Å². The van der Waals surface area contributed by atoms with Crippen LogP contribution in [0.5, 0.6) is 5.75 Å². The van der Waals surface area contributed by atoms with E-state index in [1.165, 1.54) is 18.2 Å². The topological polar surface area (TPSA) is 58.6 Å². The molecule has 1 saturated heterocycles. The summed E-state index contributed by atoms with van der Waals surface area (Å²) in [6.07, 6.45) is 0.144. The number of carbonyl (C=O) groups excluding carboxylic acids is 2. The molecule has 1 heterocycles. The molecule has 26 heavy (non-hydrogen) atoms. The largest absolute Gasteiger partial charge is 0.494 e. The Kier molecular flexibility index (Phi) is 5.42. The zero-order chi connectivity index (χ0) is 18.7. The predicted octanol–water partition coefficient (Wildman–Crippen LogP) is 3.41. The Labute approximate surface area is 155 Å². The Morgan fingerprint density at radius 3 is 2.69 bits per heavy atom. The third-order valence-electron chi connectivity index (χ3n) is 4.11. The highest BCUT2D eigenvalue weighted by atomic mass is 35.5. The third-order valence-corrected chi connectivity index (χ3v) is 4.42. The number of ether oxygens (including phenoxy) is 1. The summed E-state index contributed by atoms with van der Waals surface area (Å²) in [5, 5.41) is 2.73.